The molecule has 0 unspecified atom stereocenters. The number of halogens is 1. The van der Waals surface area contributed by atoms with Crippen molar-refractivity contribution in [1.29, 1.82) is 0 Å². The lowest BCUT2D eigenvalue weighted by Gasteiger charge is -2.45. The van der Waals surface area contributed by atoms with Gasteiger partial charge < -0.3 is 0 Å². The summed E-state index contributed by atoms with van der Waals surface area (Å²) in [5, 5.41) is 0. The molecule has 1 saturated carbocycles. The number of amides is 1. The molecule has 0 N–H and O–H groups in total. The third-order valence-electron chi connectivity index (χ3n) is 5.20. The highest BCUT2D eigenvalue weighted by Crippen LogP contribution is 2.54. The van der Waals surface area contributed by atoms with Gasteiger partial charge in [-0.25, -0.2) is 4.39 Å². The Morgan fingerprint density at radius 1 is 1.25 bits per heavy atom. The molecule has 2 aliphatic heterocycles. The number of hydrogen-bond donors (Lipinski definition) is 0. The van der Waals surface area contributed by atoms with Crippen molar-refractivity contribution in [3.05, 3.63) is 29.1 Å². The summed E-state index contributed by atoms with van der Waals surface area (Å²) in [7, 11) is 0. The van der Waals surface area contributed by atoms with Crippen LogP contribution in [0.1, 0.15) is 60.9 Å². The molecule has 1 atom stereocenters. The van der Waals surface area contributed by atoms with E-state index in [-0.39, 0.29) is 17.0 Å². The predicted molar refractivity (Wildman–Crippen MR) is 72.4 cm³/mol. The molecule has 0 bridgehead atoms. The smallest absolute Gasteiger partial charge is 0.298 e. The lowest BCUT2D eigenvalue weighted by Crippen LogP contribution is -2.52. The minimum Gasteiger partial charge on any atom is -0.298 e. The molecule has 4 rings (SSSR count). The molecular weight excluding hydrogens is 257 g/mol. The average Bonchev–Trinajstić information content (AvgIpc) is 2.95. The van der Waals surface area contributed by atoms with Gasteiger partial charge >= 0.3 is 0 Å². The summed E-state index contributed by atoms with van der Waals surface area (Å²) >= 11 is 0. The van der Waals surface area contributed by atoms with Crippen molar-refractivity contribution in [2.75, 3.05) is 4.90 Å². The summed E-state index contributed by atoms with van der Waals surface area (Å²) in [4.78, 5) is 26.3. The Morgan fingerprint density at radius 3 is 2.65 bits per heavy atom. The number of hydrogen-bond acceptors (Lipinski definition) is 2. The average molecular weight is 273 g/mol. The molecule has 0 aromatic heterocycles. The monoisotopic (exact) mass is 273 g/mol. The molecule has 3 nitrogen and oxygen atoms in total. The molecule has 1 aliphatic carbocycles. The van der Waals surface area contributed by atoms with E-state index in [9.17, 15) is 14.0 Å². The van der Waals surface area contributed by atoms with Crippen LogP contribution in [0.3, 0.4) is 0 Å². The third-order valence-corrected chi connectivity index (χ3v) is 5.20. The van der Waals surface area contributed by atoms with Crippen LogP contribution in [0.5, 0.6) is 0 Å². The van der Waals surface area contributed by atoms with E-state index in [2.05, 4.69) is 6.92 Å². The molecule has 1 aromatic carbocycles. The highest BCUT2D eigenvalue weighted by molar-refractivity contribution is 6.52. The van der Waals surface area contributed by atoms with Crippen molar-refractivity contribution < 1.29 is 14.0 Å². The fourth-order valence-corrected chi connectivity index (χ4v) is 4.42. The zero-order chi connectivity index (χ0) is 14.1. The van der Waals surface area contributed by atoms with E-state index < -0.39 is 17.5 Å². The fourth-order valence-electron chi connectivity index (χ4n) is 4.42. The van der Waals surface area contributed by atoms with Crippen molar-refractivity contribution in [3.8, 4) is 0 Å². The molecule has 0 saturated heterocycles. The van der Waals surface area contributed by atoms with Gasteiger partial charge in [0.1, 0.15) is 5.82 Å². The first kappa shape index (κ1) is 12.1. The number of benzene rings is 1. The number of fused-ring (bicyclic) bond motifs is 1. The molecule has 1 aromatic rings. The van der Waals surface area contributed by atoms with Crippen molar-refractivity contribution in [2.24, 2.45) is 0 Å². The van der Waals surface area contributed by atoms with Crippen LogP contribution in [0, 0.1) is 5.82 Å². The summed E-state index contributed by atoms with van der Waals surface area (Å²) in [6, 6.07) is 2.71. The van der Waals surface area contributed by atoms with Gasteiger partial charge in [-0.2, -0.15) is 0 Å². The number of anilines is 1. The lowest BCUT2D eigenvalue weighted by atomic mass is 9.77. The van der Waals surface area contributed by atoms with Gasteiger partial charge in [-0.15, -0.1) is 0 Å². The first-order chi connectivity index (χ1) is 9.53. The standard InChI is InChI=1S/C16H16FNO2/c1-9-8-16(4-2-3-5-16)18-13-11(9)6-10(17)7-12(13)14(19)15(18)20/h6-7,9H,2-5,8H2,1H3/t9-/m1/s1. The largest absolute Gasteiger partial charge is 0.300 e. The van der Waals surface area contributed by atoms with Crippen LogP contribution in [0.2, 0.25) is 0 Å². The molecule has 20 heavy (non-hydrogen) atoms. The van der Waals surface area contributed by atoms with Crippen LogP contribution in [-0.2, 0) is 4.79 Å². The van der Waals surface area contributed by atoms with Crippen LogP contribution in [0.4, 0.5) is 10.1 Å². The van der Waals surface area contributed by atoms with E-state index in [0.717, 1.165) is 37.7 Å². The number of carbonyl (C=O) groups is 2. The zero-order valence-corrected chi connectivity index (χ0v) is 11.4. The second kappa shape index (κ2) is 3.68. The Hall–Kier alpha value is -1.71. The minimum absolute atomic E-state index is 0.187. The number of carbonyl (C=O) groups excluding carboxylic acids is 2. The maximum Gasteiger partial charge on any atom is 0.300 e. The summed E-state index contributed by atoms with van der Waals surface area (Å²) in [6.07, 6.45) is 4.92. The third kappa shape index (κ3) is 1.29. The molecule has 1 fully saturated rings. The maximum atomic E-state index is 13.7. The Morgan fingerprint density at radius 2 is 1.95 bits per heavy atom. The maximum absolute atomic E-state index is 13.7. The topological polar surface area (TPSA) is 37.4 Å². The molecule has 104 valence electrons. The Kier molecular flexibility index (Phi) is 2.22. The predicted octanol–water partition coefficient (Wildman–Crippen LogP) is 3.18. The first-order valence-corrected chi connectivity index (χ1v) is 7.26. The van der Waals surface area contributed by atoms with Gasteiger partial charge in [0, 0.05) is 5.54 Å². The summed E-state index contributed by atoms with van der Waals surface area (Å²) in [5.41, 5.74) is 1.57. The van der Waals surface area contributed by atoms with Gasteiger partial charge in [-0.3, -0.25) is 14.5 Å². The van der Waals surface area contributed by atoms with E-state index >= 15 is 0 Å². The van der Waals surface area contributed by atoms with Gasteiger partial charge in [-0.1, -0.05) is 19.8 Å². The Labute approximate surface area is 116 Å². The van der Waals surface area contributed by atoms with Crippen molar-refractivity contribution in [2.45, 2.75) is 50.5 Å². The molecule has 1 spiro atoms. The highest BCUT2D eigenvalue weighted by Gasteiger charge is 2.54. The zero-order valence-electron chi connectivity index (χ0n) is 11.4. The van der Waals surface area contributed by atoms with Gasteiger partial charge in [0.15, 0.2) is 0 Å². The van der Waals surface area contributed by atoms with Gasteiger partial charge in [0.05, 0.1) is 11.3 Å². The lowest BCUT2D eigenvalue weighted by molar-refractivity contribution is -0.115. The van der Waals surface area contributed by atoms with Crippen LogP contribution >= 0.6 is 0 Å². The van der Waals surface area contributed by atoms with E-state index in [0.29, 0.717) is 5.69 Å². The van der Waals surface area contributed by atoms with E-state index in [1.165, 1.54) is 12.1 Å². The summed E-state index contributed by atoms with van der Waals surface area (Å²) in [6.45, 7) is 2.07. The molecule has 4 heteroatoms. The van der Waals surface area contributed by atoms with Crippen LogP contribution < -0.4 is 4.90 Å². The number of rotatable bonds is 0. The Bertz CT molecular complexity index is 646. The molecule has 3 aliphatic rings. The van der Waals surface area contributed by atoms with E-state index in [1.807, 2.05) is 0 Å². The normalized spacial score (nSPS) is 26.5. The van der Waals surface area contributed by atoms with Crippen molar-refractivity contribution in [1.82, 2.24) is 0 Å². The molecule has 1 amide bonds. The quantitative estimate of drug-likeness (QED) is 0.681. The highest BCUT2D eigenvalue weighted by atomic mass is 19.1. The van der Waals surface area contributed by atoms with Gasteiger partial charge in [-0.05, 0) is 42.9 Å². The number of nitrogens with zero attached hydrogens (tertiary/aromatic N) is 1. The van der Waals surface area contributed by atoms with Crippen molar-refractivity contribution in [3.63, 3.8) is 0 Å². The van der Waals surface area contributed by atoms with Gasteiger partial charge in [0.25, 0.3) is 11.7 Å². The molecular formula is C16H16FNO2. The molecule has 0 radical (unpaired) electrons. The second-order valence-electron chi connectivity index (χ2n) is 6.40. The summed E-state index contributed by atoms with van der Waals surface area (Å²) < 4.78 is 13.7. The van der Waals surface area contributed by atoms with Crippen LogP contribution in [0.15, 0.2) is 12.1 Å². The SMILES string of the molecule is C[C@@H]1CC2(CCCC2)N2C(=O)C(=O)c3cc(F)cc1c32. The van der Waals surface area contributed by atoms with Crippen LogP contribution in [-0.4, -0.2) is 17.2 Å². The first-order valence-electron chi connectivity index (χ1n) is 7.26. The Balaban J connectivity index is 2.01. The van der Waals surface area contributed by atoms with Crippen molar-refractivity contribution >= 4 is 17.4 Å². The van der Waals surface area contributed by atoms with E-state index in [1.54, 1.807) is 4.90 Å². The summed E-state index contributed by atoms with van der Waals surface area (Å²) in [5.74, 6) is -1.23. The van der Waals surface area contributed by atoms with Crippen LogP contribution in [0.25, 0.3) is 0 Å². The number of Topliss-reactive ketones (excluding diaryl/α,β-unsaturated/α-hetero) is 1. The molecule has 2 heterocycles. The second-order valence-corrected chi connectivity index (χ2v) is 6.40. The minimum atomic E-state index is -0.541. The van der Waals surface area contributed by atoms with Gasteiger partial charge in [0.2, 0.25) is 0 Å². The number of ketones is 1. The fraction of sp³-hybridized carbons (Fsp3) is 0.500. The van der Waals surface area contributed by atoms with E-state index in [4.69, 9.17) is 0 Å².